The molecule has 0 saturated heterocycles. The van der Waals surface area contributed by atoms with Gasteiger partial charge >= 0.3 is 0 Å². The molecule has 0 atom stereocenters. The lowest BCUT2D eigenvalue weighted by Gasteiger charge is -2.16. The maximum absolute atomic E-state index is 5.04. The van der Waals surface area contributed by atoms with Crippen molar-refractivity contribution in [1.29, 1.82) is 0 Å². The first-order valence-corrected chi connectivity index (χ1v) is 5.66. The summed E-state index contributed by atoms with van der Waals surface area (Å²) in [6.45, 7) is 0.713. The molecule has 0 aromatic rings. The van der Waals surface area contributed by atoms with Gasteiger partial charge in [-0.15, -0.1) is 0 Å². The van der Waals surface area contributed by atoms with Crippen molar-refractivity contribution >= 4 is 0 Å². The van der Waals surface area contributed by atoms with Gasteiger partial charge in [-0.3, -0.25) is 5.32 Å². The molecule has 0 unspecified atom stereocenters. The van der Waals surface area contributed by atoms with Crippen LogP contribution in [0, 0.1) is 0 Å². The topological polar surface area (TPSA) is 21.3 Å². The third-order valence-electron chi connectivity index (χ3n) is 2.87. The first-order valence-electron chi connectivity index (χ1n) is 5.66. The summed E-state index contributed by atoms with van der Waals surface area (Å²) in [6.07, 6.45) is 11.2. The second kappa shape index (κ2) is 7.34. The smallest absolute Gasteiger partial charge is 0.0963 e. The second-order valence-corrected chi connectivity index (χ2v) is 4.03. The molecule has 1 aliphatic carbocycles. The van der Waals surface area contributed by atoms with E-state index in [1.165, 1.54) is 51.4 Å². The van der Waals surface area contributed by atoms with Crippen LogP contribution in [-0.4, -0.2) is 19.9 Å². The number of hydrogen-bond donors (Lipinski definition) is 1. The summed E-state index contributed by atoms with van der Waals surface area (Å²) in [5.41, 5.74) is 0. The average Bonchev–Trinajstić information content (AvgIpc) is 2.28. The Hall–Kier alpha value is -0.0800. The zero-order chi connectivity index (χ0) is 9.36. The molecule has 13 heavy (non-hydrogen) atoms. The molecule has 0 amide bonds. The molecule has 2 nitrogen and oxygen atoms in total. The predicted octanol–water partition coefficient (Wildman–Crippen LogP) is 2.68. The van der Waals surface area contributed by atoms with Crippen LogP contribution in [0.25, 0.3) is 0 Å². The van der Waals surface area contributed by atoms with Crippen molar-refractivity contribution in [2.45, 2.75) is 57.4 Å². The molecule has 0 bridgehead atoms. The highest BCUT2D eigenvalue weighted by Gasteiger charge is 2.08. The van der Waals surface area contributed by atoms with E-state index in [0.29, 0.717) is 12.8 Å². The summed E-state index contributed by atoms with van der Waals surface area (Å²) in [6, 6.07) is 0.707. The fourth-order valence-corrected chi connectivity index (χ4v) is 2.04. The largest absolute Gasteiger partial charge is 0.370 e. The van der Waals surface area contributed by atoms with Gasteiger partial charge in [0.25, 0.3) is 0 Å². The van der Waals surface area contributed by atoms with Gasteiger partial charge in [0.1, 0.15) is 0 Å². The van der Waals surface area contributed by atoms with E-state index in [4.69, 9.17) is 4.74 Å². The maximum atomic E-state index is 5.04. The molecule has 0 radical (unpaired) electrons. The molecule has 0 aromatic heterocycles. The standard InChI is InChI=1S/C11H23NO/c1-13-10-12-11-8-6-4-2-3-5-7-9-11/h11-12H,2-10H2,1H3. The zero-order valence-electron chi connectivity index (χ0n) is 8.85. The van der Waals surface area contributed by atoms with E-state index in [9.17, 15) is 0 Å². The minimum atomic E-state index is 0.707. The van der Waals surface area contributed by atoms with Crippen molar-refractivity contribution in [3.8, 4) is 0 Å². The van der Waals surface area contributed by atoms with Crippen LogP contribution in [0.2, 0.25) is 0 Å². The monoisotopic (exact) mass is 185 g/mol. The van der Waals surface area contributed by atoms with E-state index < -0.39 is 0 Å². The fourth-order valence-electron chi connectivity index (χ4n) is 2.04. The Morgan fingerprint density at radius 3 is 2.08 bits per heavy atom. The van der Waals surface area contributed by atoms with Crippen LogP contribution >= 0.6 is 0 Å². The van der Waals surface area contributed by atoms with Gasteiger partial charge in [-0.2, -0.15) is 0 Å². The molecule has 1 rings (SSSR count). The third-order valence-corrected chi connectivity index (χ3v) is 2.87. The van der Waals surface area contributed by atoms with Crippen LogP contribution in [0.1, 0.15) is 51.4 Å². The lowest BCUT2D eigenvalue weighted by Crippen LogP contribution is -2.30. The highest BCUT2D eigenvalue weighted by Crippen LogP contribution is 2.16. The van der Waals surface area contributed by atoms with Gasteiger partial charge in [-0.05, 0) is 12.8 Å². The fraction of sp³-hybridized carbons (Fsp3) is 1.00. The van der Waals surface area contributed by atoms with E-state index in [1.807, 2.05) is 0 Å². The van der Waals surface area contributed by atoms with Gasteiger partial charge in [0.2, 0.25) is 0 Å². The zero-order valence-corrected chi connectivity index (χ0v) is 8.85. The van der Waals surface area contributed by atoms with E-state index in [-0.39, 0.29) is 0 Å². The summed E-state index contributed by atoms with van der Waals surface area (Å²) >= 11 is 0. The van der Waals surface area contributed by atoms with Gasteiger partial charge < -0.3 is 4.74 Å². The number of nitrogens with one attached hydrogen (secondary N) is 1. The summed E-state index contributed by atoms with van der Waals surface area (Å²) in [7, 11) is 1.75. The third kappa shape index (κ3) is 5.27. The van der Waals surface area contributed by atoms with Crippen molar-refractivity contribution in [1.82, 2.24) is 5.32 Å². The molecular weight excluding hydrogens is 162 g/mol. The SMILES string of the molecule is COCNC1CCCCCCCC1. The first kappa shape index (κ1) is 11.0. The van der Waals surface area contributed by atoms with Crippen molar-refractivity contribution in [3.05, 3.63) is 0 Å². The van der Waals surface area contributed by atoms with Crippen LogP contribution < -0.4 is 5.32 Å². The normalized spacial score (nSPS) is 21.9. The highest BCUT2D eigenvalue weighted by molar-refractivity contribution is 4.67. The molecule has 2 heteroatoms. The van der Waals surface area contributed by atoms with Crippen LogP contribution in [0.4, 0.5) is 0 Å². The minimum absolute atomic E-state index is 0.707. The van der Waals surface area contributed by atoms with Crippen molar-refractivity contribution in [3.63, 3.8) is 0 Å². The number of ether oxygens (including phenoxy) is 1. The Labute approximate surface area is 82.0 Å². The van der Waals surface area contributed by atoms with E-state index in [1.54, 1.807) is 7.11 Å². The van der Waals surface area contributed by atoms with Crippen molar-refractivity contribution in [2.24, 2.45) is 0 Å². The lowest BCUT2D eigenvalue weighted by molar-refractivity contribution is 0.158. The van der Waals surface area contributed by atoms with Gasteiger partial charge in [0.05, 0.1) is 6.73 Å². The molecule has 0 aromatic carbocycles. The Kier molecular flexibility index (Phi) is 6.21. The maximum Gasteiger partial charge on any atom is 0.0963 e. The number of methoxy groups -OCH3 is 1. The Morgan fingerprint density at radius 2 is 1.54 bits per heavy atom. The average molecular weight is 185 g/mol. The van der Waals surface area contributed by atoms with Gasteiger partial charge in [0.15, 0.2) is 0 Å². The molecule has 1 fully saturated rings. The van der Waals surface area contributed by atoms with E-state index in [2.05, 4.69) is 5.32 Å². The van der Waals surface area contributed by atoms with Crippen LogP contribution in [0.5, 0.6) is 0 Å². The van der Waals surface area contributed by atoms with E-state index >= 15 is 0 Å². The Bertz CT molecular complexity index is 107. The van der Waals surface area contributed by atoms with E-state index in [0.717, 1.165) is 0 Å². The van der Waals surface area contributed by atoms with Crippen molar-refractivity contribution in [2.75, 3.05) is 13.8 Å². The molecular formula is C11H23NO. The molecule has 1 aliphatic rings. The van der Waals surface area contributed by atoms with Crippen LogP contribution in [0.15, 0.2) is 0 Å². The highest BCUT2D eigenvalue weighted by atomic mass is 16.5. The van der Waals surface area contributed by atoms with Crippen LogP contribution in [0.3, 0.4) is 0 Å². The van der Waals surface area contributed by atoms with Gasteiger partial charge in [-0.25, -0.2) is 0 Å². The molecule has 78 valence electrons. The summed E-state index contributed by atoms with van der Waals surface area (Å²) < 4.78 is 5.04. The quantitative estimate of drug-likeness (QED) is 0.683. The molecule has 1 N–H and O–H groups in total. The Morgan fingerprint density at radius 1 is 1.00 bits per heavy atom. The first-order chi connectivity index (χ1) is 6.43. The summed E-state index contributed by atoms with van der Waals surface area (Å²) in [4.78, 5) is 0. The van der Waals surface area contributed by atoms with Crippen molar-refractivity contribution < 1.29 is 4.74 Å². The molecule has 0 spiro atoms. The summed E-state index contributed by atoms with van der Waals surface area (Å²) in [5.74, 6) is 0. The number of hydrogen-bond acceptors (Lipinski definition) is 2. The molecule has 1 saturated carbocycles. The predicted molar refractivity (Wildman–Crippen MR) is 55.7 cm³/mol. The van der Waals surface area contributed by atoms with Crippen LogP contribution in [-0.2, 0) is 4.74 Å². The Balaban J connectivity index is 2.16. The molecule has 0 aliphatic heterocycles. The molecule has 0 heterocycles. The lowest BCUT2D eigenvalue weighted by atomic mass is 10.1. The van der Waals surface area contributed by atoms with Gasteiger partial charge in [-0.1, -0.05) is 38.5 Å². The minimum Gasteiger partial charge on any atom is -0.370 e. The summed E-state index contributed by atoms with van der Waals surface area (Å²) in [5, 5.41) is 3.44. The second-order valence-electron chi connectivity index (χ2n) is 4.03. The van der Waals surface area contributed by atoms with Gasteiger partial charge in [0, 0.05) is 13.2 Å². The number of rotatable bonds is 3.